The van der Waals surface area contributed by atoms with Crippen LogP contribution in [0.5, 0.6) is 5.88 Å². The van der Waals surface area contributed by atoms with Crippen molar-refractivity contribution in [3.05, 3.63) is 99.1 Å². The number of imidazole rings is 1. The molecule has 0 fully saturated rings. The highest BCUT2D eigenvalue weighted by molar-refractivity contribution is 7.16. The number of amides is 1. The lowest BCUT2D eigenvalue weighted by Gasteiger charge is -2.24. The van der Waals surface area contributed by atoms with Crippen LogP contribution in [-0.4, -0.2) is 57.3 Å². The van der Waals surface area contributed by atoms with Crippen molar-refractivity contribution < 1.29 is 24.2 Å². The van der Waals surface area contributed by atoms with Crippen LogP contribution in [0.3, 0.4) is 0 Å². The van der Waals surface area contributed by atoms with Gasteiger partial charge in [0.05, 0.1) is 19.4 Å². The van der Waals surface area contributed by atoms with Gasteiger partial charge >= 0.3 is 12.1 Å². The lowest BCUT2D eigenvalue weighted by molar-refractivity contribution is -0.132. The number of benzene rings is 2. The molecule has 0 saturated carbocycles. The van der Waals surface area contributed by atoms with Gasteiger partial charge in [-0.05, 0) is 52.1 Å². The first kappa shape index (κ1) is 32.0. The highest BCUT2D eigenvalue weighted by Crippen LogP contribution is 2.53. The number of carboxylic acid groups (broad SMARTS) is 1. The van der Waals surface area contributed by atoms with Gasteiger partial charge in [0.25, 0.3) is 5.70 Å². The standard InChI is InChI=1S/C34H32N8O5S/c1-34(2)24-13-21(9-10-23(24)28-25(34)14-22(48-28)15-26(36-3)31(43)44)42(4)11-12-46-33(45)37-16-19-5-7-20(8-6-19)17-47-30-27-29(39-18-38-27)40-32(35)41-30/h5-10,13-15,18H,11-12,16-17H2,1-2,4H3,(H,37,45)(H,43,44)(H3,35,38,39,40,41)/b26-15-. The van der Waals surface area contributed by atoms with E-state index in [2.05, 4.69) is 56.1 Å². The van der Waals surface area contributed by atoms with Crippen molar-refractivity contribution >= 4 is 52.3 Å². The molecule has 0 atom stereocenters. The maximum Gasteiger partial charge on any atom is 0.407 e. The number of aromatic amines is 1. The third kappa shape index (κ3) is 6.49. The number of rotatable bonds is 11. The van der Waals surface area contributed by atoms with E-state index in [0.29, 0.717) is 30.1 Å². The van der Waals surface area contributed by atoms with Gasteiger partial charge in [-0.3, -0.25) is 4.79 Å². The molecule has 3 aromatic heterocycles. The number of hydrogen-bond donors (Lipinski definition) is 4. The summed E-state index contributed by atoms with van der Waals surface area (Å²) in [6.45, 7) is 12.7. The summed E-state index contributed by atoms with van der Waals surface area (Å²) in [4.78, 5) is 45.9. The molecule has 0 radical (unpaired) electrons. The van der Waals surface area contributed by atoms with Crippen LogP contribution in [0, 0.1) is 6.57 Å². The van der Waals surface area contributed by atoms with Gasteiger partial charge in [-0.1, -0.05) is 44.2 Å². The van der Waals surface area contributed by atoms with Crippen molar-refractivity contribution in [2.24, 2.45) is 0 Å². The Bertz CT molecular complexity index is 2090. The topological polar surface area (TPSA) is 173 Å². The van der Waals surface area contributed by atoms with E-state index in [1.165, 1.54) is 23.7 Å². The minimum Gasteiger partial charge on any atom is -0.486 e. The number of likely N-dealkylation sites (N-methyl/N-ethyl adjacent to an activating group) is 1. The number of hydrogen-bond acceptors (Lipinski definition) is 10. The van der Waals surface area contributed by atoms with E-state index >= 15 is 0 Å². The molecule has 3 heterocycles. The summed E-state index contributed by atoms with van der Waals surface area (Å²) in [7, 11) is 1.95. The number of nitrogens with two attached hydrogens (primary N) is 1. The van der Waals surface area contributed by atoms with Crippen LogP contribution >= 0.6 is 11.3 Å². The van der Waals surface area contributed by atoms with E-state index < -0.39 is 12.1 Å². The number of aromatic nitrogens is 4. The zero-order valence-corrected chi connectivity index (χ0v) is 27.2. The van der Waals surface area contributed by atoms with Crippen LogP contribution in [-0.2, 0) is 28.1 Å². The van der Waals surface area contributed by atoms with Crippen LogP contribution in [0.4, 0.5) is 16.4 Å². The number of carbonyl (C=O) groups is 2. The van der Waals surface area contributed by atoms with Crippen molar-refractivity contribution in [3.8, 4) is 16.3 Å². The smallest absolute Gasteiger partial charge is 0.407 e. The van der Waals surface area contributed by atoms with Gasteiger partial charge in [0.2, 0.25) is 11.8 Å². The largest absolute Gasteiger partial charge is 0.486 e. The SMILES string of the molecule is [C-]#[N+]/C(=C\c1cc2c(s1)-c1ccc(N(C)CCOC(=O)NCc3ccc(COc4nc(N)nc5nc[nH]c45)cc3)cc1C2(C)C)C(=O)O. The Morgan fingerprint density at radius 1 is 1.15 bits per heavy atom. The Morgan fingerprint density at radius 2 is 1.92 bits per heavy atom. The minimum absolute atomic E-state index is 0.0814. The fourth-order valence-corrected chi connectivity index (χ4v) is 6.81. The van der Waals surface area contributed by atoms with Crippen LogP contribution in [0.1, 0.15) is 41.0 Å². The summed E-state index contributed by atoms with van der Waals surface area (Å²) in [5, 5.41) is 12.0. The number of nitrogens with zero attached hydrogens (tertiary/aromatic N) is 5. The van der Waals surface area contributed by atoms with Gasteiger partial charge in [0.1, 0.15) is 18.7 Å². The Labute approximate surface area is 279 Å². The molecular weight excluding hydrogens is 632 g/mol. The fourth-order valence-electron chi connectivity index (χ4n) is 5.51. The molecule has 6 rings (SSSR count). The number of carboxylic acids is 1. The predicted molar refractivity (Wildman–Crippen MR) is 182 cm³/mol. The summed E-state index contributed by atoms with van der Waals surface area (Å²) >= 11 is 1.49. The quantitative estimate of drug-likeness (QED) is 0.103. The number of nitrogens with one attached hydrogen (secondary N) is 2. The van der Waals surface area contributed by atoms with Crippen LogP contribution in [0.2, 0.25) is 0 Å². The summed E-state index contributed by atoms with van der Waals surface area (Å²) in [6.07, 6.45) is 2.43. The van der Waals surface area contributed by atoms with Crippen LogP contribution < -0.4 is 20.7 Å². The van der Waals surface area contributed by atoms with E-state index in [0.717, 1.165) is 43.3 Å². The third-order valence-electron chi connectivity index (χ3n) is 8.17. The van der Waals surface area contributed by atoms with Gasteiger partial charge in [-0.15, -0.1) is 11.3 Å². The molecule has 14 heteroatoms. The number of thiophene rings is 1. The lowest BCUT2D eigenvalue weighted by atomic mass is 9.82. The number of alkyl carbamates (subject to hydrolysis) is 1. The van der Waals surface area contributed by atoms with Crippen molar-refractivity contribution in [1.82, 2.24) is 25.3 Å². The fraction of sp³-hybridized carbons (Fsp3) is 0.235. The maximum absolute atomic E-state index is 12.4. The maximum atomic E-state index is 12.4. The molecule has 13 nitrogen and oxygen atoms in total. The molecule has 0 spiro atoms. The lowest BCUT2D eigenvalue weighted by Crippen LogP contribution is -2.29. The first-order valence-corrected chi connectivity index (χ1v) is 15.8. The molecule has 1 amide bonds. The second-order valence-electron chi connectivity index (χ2n) is 11.7. The predicted octanol–water partition coefficient (Wildman–Crippen LogP) is 5.59. The highest BCUT2D eigenvalue weighted by atomic mass is 32.1. The minimum atomic E-state index is -1.23. The first-order chi connectivity index (χ1) is 23.0. The zero-order valence-electron chi connectivity index (χ0n) is 26.4. The van der Waals surface area contributed by atoms with E-state index in [1.807, 2.05) is 48.3 Å². The summed E-state index contributed by atoms with van der Waals surface area (Å²) in [6, 6.07) is 15.8. The molecule has 0 unspecified atom stereocenters. The molecular formula is C34H32N8O5S. The Balaban J connectivity index is 0.980. The Hall–Kier alpha value is -5.94. The van der Waals surface area contributed by atoms with Gasteiger partial charge in [-0.25, -0.2) is 14.6 Å². The second-order valence-corrected chi connectivity index (χ2v) is 12.8. The van der Waals surface area contributed by atoms with Crippen molar-refractivity contribution in [2.45, 2.75) is 32.4 Å². The number of carbonyl (C=O) groups excluding carboxylic acids is 1. The molecule has 1 aliphatic carbocycles. The molecule has 1 aliphatic rings. The number of H-pyrrole nitrogens is 1. The van der Waals surface area contributed by atoms with Crippen molar-refractivity contribution in [1.29, 1.82) is 0 Å². The van der Waals surface area contributed by atoms with E-state index in [1.54, 1.807) is 0 Å². The van der Waals surface area contributed by atoms with E-state index in [4.69, 9.17) is 21.8 Å². The molecule has 0 bridgehead atoms. The average molecular weight is 665 g/mol. The van der Waals surface area contributed by atoms with Crippen LogP contribution in [0.25, 0.3) is 32.5 Å². The van der Waals surface area contributed by atoms with Gasteiger partial charge in [-0.2, -0.15) is 9.97 Å². The number of aliphatic carboxylic acids is 1. The van der Waals surface area contributed by atoms with Crippen molar-refractivity contribution in [3.63, 3.8) is 0 Å². The van der Waals surface area contributed by atoms with Crippen molar-refractivity contribution in [2.75, 3.05) is 30.8 Å². The summed E-state index contributed by atoms with van der Waals surface area (Å²) < 4.78 is 11.3. The monoisotopic (exact) mass is 664 g/mol. The molecule has 0 aliphatic heterocycles. The summed E-state index contributed by atoms with van der Waals surface area (Å²) in [5.74, 6) is -0.826. The molecule has 5 aromatic rings. The number of nitrogen functional groups attached to an aromatic ring is 1. The normalized spacial score (nSPS) is 13.0. The number of anilines is 2. The Kier molecular flexibility index (Phi) is 8.70. The molecule has 48 heavy (non-hydrogen) atoms. The molecule has 0 saturated heterocycles. The van der Waals surface area contributed by atoms with Crippen LogP contribution in [0.15, 0.2) is 60.6 Å². The molecule has 2 aromatic carbocycles. The highest BCUT2D eigenvalue weighted by Gasteiger charge is 2.37. The van der Waals surface area contributed by atoms with E-state index in [-0.39, 0.29) is 30.3 Å². The average Bonchev–Trinajstić information content (AvgIpc) is 3.77. The van der Waals surface area contributed by atoms with E-state index in [9.17, 15) is 14.7 Å². The van der Waals surface area contributed by atoms with Gasteiger partial charge in [0.15, 0.2) is 5.65 Å². The number of fused-ring (bicyclic) bond motifs is 4. The van der Waals surface area contributed by atoms with Gasteiger partial charge < -0.3 is 35.5 Å². The zero-order chi connectivity index (χ0) is 34.0. The molecule has 5 N–H and O–H groups in total. The second kappa shape index (κ2) is 13.0. The summed E-state index contributed by atoms with van der Waals surface area (Å²) in [5.41, 5.74) is 12.3. The Morgan fingerprint density at radius 3 is 2.67 bits per heavy atom. The van der Waals surface area contributed by atoms with Gasteiger partial charge in [0, 0.05) is 34.4 Å². The first-order valence-electron chi connectivity index (χ1n) is 14.9. The number of ether oxygens (including phenoxy) is 2. The third-order valence-corrected chi connectivity index (χ3v) is 9.29. The molecule has 244 valence electrons.